The van der Waals surface area contributed by atoms with Gasteiger partial charge in [0.2, 0.25) is 0 Å². The maximum Gasteiger partial charge on any atom is 0.341 e. The average molecular weight is 336 g/mol. The molecule has 0 aliphatic carbocycles. The average Bonchev–Trinajstić information content (AvgIpc) is 2.89. The number of rotatable bonds is 5. The van der Waals surface area contributed by atoms with Crippen LogP contribution in [0.2, 0.25) is 0 Å². The third kappa shape index (κ3) is 3.74. The SMILES string of the molecule is CC1=NN(c2ccccc2)C(=O)/C1=C\c1cccc(OCC(=O)O)c1. The normalized spacial score (nSPS) is 15.4. The number of carbonyl (C=O) groups excluding carboxylic acids is 1. The van der Waals surface area contributed by atoms with Crippen LogP contribution < -0.4 is 9.75 Å². The molecule has 126 valence electrons. The van der Waals surface area contributed by atoms with Crippen molar-refractivity contribution in [3.05, 3.63) is 65.7 Å². The second-order valence-electron chi connectivity index (χ2n) is 5.45. The number of carbonyl (C=O) groups is 2. The van der Waals surface area contributed by atoms with E-state index in [-0.39, 0.29) is 5.91 Å². The Morgan fingerprint density at radius 2 is 1.96 bits per heavy atom. The molecule has 0 radical (unpaired) electrons. The quantitative estimate of drug-likeness (QED) is 0.852. The molecule has 2 aromatic carbocycles. The Balaban J connectivity index is 1.84. The lowest BCUT2D eigenvalue weighted by Gasteiger charge is -2.11. The van der Waals surface area contributed by atoms with E-state index in [4.69, 9.17) is 9.84 Å². The van der Waals surface area contributed by atoms with Crippen LogP contribution in [0.5, 0.6) is 5.75 Å². The van der Waals surface area contributed by atoms with Crippen LogP contribution in [0.15, 0.2) is 65.3 Å². The molecular formula is C19H16N2O4. The van der Waals surface area contributed by atoms with E-state index < -0.39 is 12.6 Å². The summed E-state index contributed by atoms with van der Waals surface area (Å²) in [6, 6.07) is 16.1. The van der Waals surface area contributed by atoms with Gasteiger partial charge in [0.1, 0.15) is 5.75 Å². The highest BCUT2D eigenvalue weighted by Gasteiger charge is 2.28. The molecule has 1 amide bonds. The zero-order valence-corrected chi connectivity index (χ0v) is 13.5. The predicted molar refractivity (Wildman–Crippen MR) is 94.6 cm³/mol. The van der Waals surface area contributed by atoms with E-state index in [0.29, 0.717) is 22.7 Å². The van der Waals surface area contributed by atoms with Crippen molar-refractivity contribution in [3.8, 4) is 5.75 Å². The Morgan fingerprint density at radius 3 is 2.68 bits per heavy atom. The number of anilines is 1. The number of carboxylic acid groups (broad SMARTS) is 1. The van der Waals surface area contributed by atoms with Crippen LogP contribution in [-0.2, 0) is 9.59 Å². The number of hydrazone groups is 1. The van der Waals surface area contributed by atoms with Crippen LogP contribution in [0.4, 0.5) is 5.69 Å². The third-order valence-corrected chi connectivity index (χ3v) is 3.59. The Hall–Kier alpha value is -3.41. The number of benzene rings is 2. The Morgan fingerprint density at radius 1 is 1.20 bits per heavy atom. The van der Waals surface area contributed by atoms with Gasteiger partial charge in [-0.1, -0.05) is 30.3 Å². The molecule has 6 nitrogen and oxygen atoms in total. The third-order valence-electron chi connectivity index (χ3n) is 3.59. The zero-order chi connectivity index (χ0) is 17.8. The molecule has 1 aliphatic rings. The number of carboxylic acids is 1. The molecule has 6 heteroatoms. The number of para-hydroxylation sites is 1. The first kappa shape index (κ1) is 16.4. The van der Waals surface area contributed by atoms with Crippen molar-refractivity contribution in [1.82, 2.24) is 0 Å². The molecule has 1 aliphatic heterocycles. The summed E-state index contributed by atoms with van der Waals surface area (Å²) in [4.78, 5) is 23.2. The number of nitrogens with zero attached hydrogens (tertiary/aromatic N) is 2. The van der Waals surface area contributed by atoms with Crippen LogP contribution in [0.3, 0.4) is 0 Å². The lowest BCUT2D eigenvalue weighted by atomic mass is 10.1. The van der Waals surface area contributed by atoms with Crippen LogP contribution in [0, 0.1) is 0 Å². The predicted octanol–water partition coefficient (Wildman–Crippen LogP) is 2.96. The fourth-order valence-electron chi connectivity index (χ4n) is 2.43. The first-order valence-corrected chi connectivity index (χ1v) is 7.66. The number of hydrogen-bond acceptors (Lipinski definition) is 4. The topological polar surface area (TPSA) is 79.2 Å². The lowest BCUT2D eigenvalue weighted by molar-refractivity contribution is -0.139. The molecule has 0 saturated carbocycles. The summed E-state index contributed by atoms with van der Waals surface area (Å²) in [5, 5.41) is 14.4. The van der Waals surface area contributed by atoms with Crippen molar-refractivity contribution in [1.29, 1.82) is 0 Å². The molecule has 2 aromatic rings. The fourth-order valence-corrected chi connectivity index (χ4v) is 2.43. The molecule has 25 heavy (non-hydrogen) atoms. The van der Waals surface area contributed by atoms with Gasteiger partial charge in [-0.15, -0.1) is 0 Å². The highest BCUT2D eigenvalue weighted by molar-refractivity contribution is 6.32. The Bertz CT molecular complexity index is 872. The van der Waals surface area contributed by atoms with E-state index in [1.807, 2.05) is 36.4 Å². The van der Waals surface area contributed by atoms with Gasteiger partial charge in [0.15, 0.2) is 6.61 Å². The summed E-state index contributed by atoms with van der Waals surface area (Å²) in [6.07, 6.45) is 1.72. The standard InChI is InChI=1S/C19H16N2O4/c1-13-17(19(24)21(20-13)15-7-3-2-4-8-15)11-14-6-5-9-16(10-14)25-12-18(22)23/h2-11H,12H2,1H3,(H,22,23)/b17-11-. The summed E-state index contributed by atoms with van der Waals surface area (Å²) in [7, 11) is 0. The van der Waals surface area contributed by atoms with Gasteiger partial charge in [-0.25, -0.2) is 4.79 Å². The summed E-state index contributed by atoms with van der Waals surface area (Å²) >= 11 is 0. The number of amides is 1. The van der Waals surface area contributed by atoms with E-state index in [1.165, 1.54) is 5.01 Å². The molecule has 1 heterocycles. The van der Waals surface area contributed by atoms with E-state index in [0.717, 1.165) is 5.56 Å². The van der Waals surface area contributed by atoms with Crippen LogP contribution >= 0.6 is 0 Å². The molecule has 0 atom stereocenters. The van der Waals surface area contributed by atoms with Crippen molar-refractivity contribution in [2.45, 2.75) is 6.92 Å². The second kappa shape index (κ2) is 7.00. The zero-order valence-electron chi connectivity index (χ0n) is 13.5. The minimum atomic E-state index is -1.05. The minimum absolute atomic E-state index is 0.208. The summed E-state index contributed by atoms with van der Waals surface area (Å²) in [6.45, 7) is 1.36. The molecule has 0 bridgehead atoms. The van der Waals surface area contributed by atoms with Crippen molar-refractivity contribution < 1.29 is 19.4 Å². The number of aliphatic carboxylic acids is 1. The van der Waals surface area contributed by atoms with Gasteiger partial charge in [-0.05, 0) is 42.8 Å². The van der Waals surface area contributed by atoms with Crippen molar-refractivity contribution in [2.24, 2.45) is 5.10 Å². The van der Waals surface area contributed by atoms with E-state index in [2.05, 4.69) is 5.10 Å². The molecule has 0 unspecified atom stereocenters. The Kier molecular flexibility index (Phi) is 4.61. The highest BCUT2D eigenvalue weighted by atomic mass is 16.5. The van der Waals surface area contributed by atoms with Crippen LogP contribution in [0.1, 0.15) is 12.5 Å². The van der Waals surface area contributed by atoms with E-state index in [9.17, 15) is 9.59 Å². The molecule has 0 fully saturated rings. The maximum absolute atomic E-state index is 12.7. The molecular weight excluding hydrogens is 320 g/mol. The molecule has 0 spiro atoms. The maximum atomic E-state index is 12.7. The van der Waals surface area contributed by atoms with Crippen LogP contribution in [-0.4, -0.2) is 29.3 Å². The fraction of sp³-hybridized carbons (Fsp3) is 0.105. The molecule has 0 aromatic heterocycles. The van der Waals surface area contributed by atoms with E-state index in [1.54, 1.807) is 31.2 Å². The molecule has 0 saturated heterocycles. The van der Waals surface area contributed by atoms with E-state index >= 15 is 0 Å². The van der Waals surface area contributed by atoms with Gasteiger partial charge in [-0.3, -0.25) is 4.79 Å². The van der Waals surface area contributed by atoms with Gasteiger partial charge in [0, 0.05) is 0 Å². The summed E-state index contributed by atoms with van der Waals surface area (Å²) in [5.74, 6) is -0.825. The monoisotopic (exact) mass is 336 g/mol. The first-order chi connectivity index (χ1) is 12.0. The summed E-state index contributed by atoms with van der Waals surface area (Å²) in [5.41, 5.74) is 2.54. The first-order valence-electron chi connectivity index (χ1n) is 7.66. The van der Waals surface area contributed by atoms with Crippen LogP contribution in [0.25, 0.3) is 6.08 Å². The number of hydrogen-bond donors (Lipinski definition) is 1. The van der Waals surface area contributed by atoms with Gasteiger partial charge in [0.25, 0.3) is 5.91 Å². The van der Waals surface area contributed by atoms with Crippen molar-refractivity contribution in [3.63, 3.8) is 0 Å². The summed E-state index contributed by atoms with van der Waals surface area (Å²) < 4.78 is 5.16. The largest absolute Gasteiger partial charge is 0.482 e. The molecule has 3 rings (SSSR count). The number of ether oxygens (including phenoxy) is 1. The minimum Gasteiger partial charge on any atom is -0.482 e. The lowest BCUT2D eigenvalue weighted by Crippen LogP contribution is -2.21. The molecule has 1 N–H and O–H groups in total. The highest BCUT2D eigenvalue weighted by Crippen LogP contribution is 2.25. The van der Waals surface area contributed by atoms with Gasteiger partial charge in [-0.2, -0.15) is 10.1 Å². The Labute approximate surface area is 144 Å². The van der Waals surface area contributed by atoms with Gasteiger partial charge >= 0.3 is 5.97 Å². The van der Waals surface area contributed by atoms with Crippen molar-refractivity contribution >= 4 is 29.4 Å². The van der Waals surface area contributed by atoms with Gasteiger partial charge in [0.05, 0.1) is 17.0 Å². The van der Waals surface area contributed by atoms with Gasteiger partial charge < -0.3 is 9.84 Å². The smallest absolute Gasteiger partial charge is 0.341 e. The van der Waals surface area contributed by atoms with Crippen molar-refractivity contribution in [2.75, 3.05) is 11.6 Å². The second-order valence-corrected chi connectivity index (χ2v) is 5.45.